The highest BCUT2D eigenvalue weighted by Crippen LogP contribution is 2.28. The molecule has 0 spiro atoms. The molecule has 1 amide bonds. The number of carbonyl (C=O) groups excluding carboxylic acids is 1. The van der Waals surface area contributed by atoms with Crippen LogP contribution in [0.5, 0.6) is 0 Å². The van der Waals surface area contributed by atoms with Crippen LogP contribution in [0.4, 0.5) is 13.2 Å². The minimum Gasteiger partial charge on any atom is -0.481 e. The molecule has 1 rings (SSSR count). The van der Waals surface area contributed by atoms with Gasteiger partial charge in [0.15, 0.2) is 0 Å². The molecule has 0 radical (unpaired) electrons. The Morgan fingerprint density at radius 2 is 2.00 bits per heavy atom. The van der Waals surface area contributed by atoms with Crippen LogP contribution >= 0.6 is 15.9 Å². The second-order valence-corrected chi connectivity index (χ2v) is 5.00. The number of amides is 1. The van der Waals surface area contributed by atoms with Gasteiger partial charge in [-0.15, -0.1) is 0 Å². The van der Waals surface area contributed by atoms with Crippen LogP contribution in [0.25, 0.3) is 0 Å². The average molecular weight is 354 g/mol. The van der Waals surface area contributed by atoms with E-state index in [1.165, 1.54) is 6.07 Å². The molecule has 110 valence electrons. The summed E-state index contributed by atoms with van der Waals surface area (Å²) in [5.41, 5.74) is 1.12. The Kier molecular flexibility index (Phi) is 5.15. The van der Waals surface area contributed by atoms with Crippen molar-refractivity contribution >= 4 is 27.8 Å². The lowest BCUT2D eigenvalue weighted by Crippen LogP contribution is -2.40. The second kappa shape index (κ2) is 6.25. The first kappa shape index (κ1) is 16.5. The van der Waals surface area contributed by atoms with Gasteiger partial charge >= 0.3 is 18.1 Å². The zero-order valence-electron chi connectivity index (χ0n) is 10.3. The summed E-state index contributed by atoms with van der Waals surface area (Å²) in [5.74, 6) is -3.49. The topological polar surface area (TPSA) is 66.4 Å². The third kappa shape index (κ3) is 4.52. The fraction of sp³-hybridized carbons (Fsp3) is 0.333. The molecule has 0 bridgehead atoms. The van der Waals surface area contributed by atoms with Crippen LogP contribution in [0, 0.1) is 6.92 Å². The van der Waals surface area contributed by atoms with Crippen LogP contribution in [0.3, 0.4) is 0 Å². The molecule has 0 aliphatic carbocycles. The molecule has 1 aromatic rings. The highest BCUT2D eigenvalue weighted by Gasteiger charge is 2.40. The second-order valence-electron chi connectivity index (χ2n) is 4.15. The Hall–Kier alpha value is -1.57. The third-order valence-electron chi connectivity index (χ3n) is 2.47. The van der Waals surface area contributed by atoms with Gasteiger partial charge in [-0.3, -0.25) is 9.59 Å². The molecule has 0 aromatic heterocycles. The minimum absolute atomic E-state index is 0.274. The van der Waals surface area contributed by atoms with Gasteiger partial charge in [-0.2, -0.15) is 13.2 Å². The lowest BCUT2D eigenvalue weighted by molar-refractivity contribution is -0.174. The molecule has 20 heavy (non-hydrogen) atoms. The van der Waals surface area contributed by atoms with Crippen molar-refractivity contribution in [3.63, 3.8) is 0 Å². The number of alkyl halides is 3. The number of carboxylic acid groups (broad SMARTS) is 1. The molecule has 0 aliphatic rings. The van der Waals surface area contributed by atoms with Gasteiger partial charge in [-0.1, -0.05) is 28.1 Å². The molecular weight excluding hydrogens is 343 g/mol. The summed E-state index contributed by atoms with van der Waals surface area (Å²) < 4.78 is 37.2. The van der Waals surface area contributed by atoms with Gasteiger partial charge in [0.1, 0.15) is 0 Å². The van der Waals surface area contributed by atoms with Crippen molar-refractivity contribution in [2.45, 2.75) is 25.6 Å². The van der Waals surface area contributed by atoms with Crippen molar-refractivity contribution in [1.82, 2.24) is 5.32 Å². The van der Waals surface area contributed by atoms with Crippen molar-refractivity contribution in [2.75, 3.05) is 0 Å². The number of aryl methyl sites for hydroxylation is 1. The fourth-order valence-electron chi connectivity index (χ4n) is 1.57. The first-order chi connectivity index (χ1) is 9.11. The van der Waals surface area contributed by atoms with Crippen molar-refractivity contribution in [3.8, 4) is 0 Å². The van der Waals surface area contributed by atoms with E-state index >= 15 is 0 Å². The maximum atomic E-state index is 12.3. The van der Waals surface area contributed by atoms with E-state index in [1.807, 2.05) is 0 Å². The largest absolute Gasteiger partial charge is 0.481 e. The summed E-state index contributed by atoms with van der Waals surface area (Å²) in [7, 11) is 0. The van der Waals surface area contributed by atoms with Gasteiger partial charge in [0.2, 0.25) is 0 Å². The zero-order chi connectivity index (χ0) is 15.5. The Balaban J connectivity index is 3.06. The third-order valence-corrected chi connectivity index (χ3v) is 3.16. The van der Waals surface area contributed by atoms with E-state index in [0.717, 1.165) is 5.56 Å². The summed E-state index contributed by atoms with van der Waals surface area (Å²) >= 11 is 3.15. The normalized spacial score (nSPS) is 12.8. The van der Waals surface area contributed by atoms with Crippen LogP contribution in [0.1, 0.15) is 23.6 Å². The zero-order valence-corrected chi connectivity index (χ0v) is 11.9. The van der Waals surface area contributed by atoms with Crippen molar-refractivity contribution in [2.24, 2.45) is 0 Å². The van der Waals surface area contributed by atoms with Crippen LogP contribution in [0.2, 0.25) is 0 Å². The van der Waals surface area contributed by atoms with E-state index in [9.17, 15) is 22.8 Å². The van der Waals surface area contributed by atoms with Gasteiger partial charge in [0.25, 0.3) is 0 Å². The minimum atomic E-state index is -5.06. The molecule has 0 heterocycles. The first-order valence-corrected chi connectivity index (χ1v) is 6.26. The number of nitrogens with one attached hydrogen (secondary N) is 1. The molecule has 0 saturated carbocycles. The number of benzene rings is 1. The number of rotatable bonds is 4. The van der Waals surface area contributed by atoms with Crippen LogP contribution < -0.4 is 5.32 Å². The van der Waals surface area contributed by atoms with Crippen LogP contribution in [0.15, 0.2) is 22.7 Å². The fourth-order valence-corrected chi connectivity index (χ4v) is 2.34. The Bertz CT molecular complexity index is 531. The molecular formula is C12H11BrF3NO3. The lowest BCUT2D eigenvalue weighted by atomic mass is 10.0. The van der Waals surface area contributed by atoms with E-state index < -0.39 is 30.5 Å². The smallest absolute Gasteiger partial charge is 0.471 e. The molecule has 0 aliphatic heterocycles. The number of carbonyl (C=O) groups is 2. The summed E-state index contributed by atoms with van der Waals surface area (Å²) in [4.78, 5) is 21.7. The summed E-state index contributed by atoms with van der Waals surface area (Å²) in [6.07, 6.45) is -5.71. The van der Waals surface area contributed by atoms with E-state index in [4.69, 9.17) is 5.11 Å². The molecule has 8 heteroatoms. The van der Waals surface area contributed by atoms with E-state index in [0.29, 0.717) is 4.47 Å². The number of carboxylic acids is 1. The number of hydrogen-bond acceptors (Lipinski definition) is 2. The van der Waals surface area contributed by atoms with Gasteiger partial charge in [0, 0.05) is 4.47 Å². The standard InChI is InChI=1S/C12H11BrF3NO3/c1-6-2-3-7(8(13)4-6)9(5-10(18)19)17-11(20)12(14,15)16/h2-4,9H,5H2,1H3,(H,17,20)(H,18,19). The Morgan fingerprint density at radius 3 is 2.45 bits per heavy atom. The van der Waals surface area contributed by atoms with Crippen LogP contribution in [-0.2, 0) is 9.59 Å². The van der Waals surface area contributed by atoms with Gasteiger partial charge in [0.05, 0.1) is 12.5 Å². The highest BCUT2D eigenvalue weighted by molar-refractivity contribution is 9.10. The maximum Gasteiger partial charge on any atom is 0.471 e. The molecule has 1 atom stereocenters. The number of hydrogen-bond donors (Lipinski definition) is 2. The highest BCUT2D eigenvalue weighted by atomic mass is 79.9. The van der Waals surface area contributed by atoms with Gasteiger partial charge in [-0.05, 0) is 24.1 Å². The van der Waals surface area contributed by atoms with E-state index in [1.54, 1.807) is 24.4 Å². The molecule has 1 aromatic carbocycles. The molecule has 1 unspecified atom stereocenters. The summed E-state index contributed by atoms with van der Waals surface area (Å²) in [5, 5.41) is 10.4. The number of aliphatic carboxylic acids is 1. The predicted molar refractivity (Wildman–Crippen MR) is 68.1 cm³/mol. The number of halogens is 4. The van der Waals surface area contributed by atoms with E-state index in [2.05, 4.69) is 15.9 Å². The Labute approximate surface area is 121 Å². The summed E-state index contributed by atoms with van der Waals surface area (Å²) in [6.45, 7) is 1.77. The predicted octanol–water partition coefficient (Wildman–Crippen LogP) is 2.95. The quantitative estimate of drug-likeness (QED) is 0.874. The van der Waals surface area contributed by atoms with Gasteiger partial charge in [-0.25, -0.2) is 0 Å². The molecule has 2 N–H and O–H groups in total. The monoisotopic (exact) mass is 353 g/mol. The maximum absolute atomic E-state index is 12.3. The molecule has 0 saturated heterocycles. The Morgan fingerprint density at radius 1 is 1.40 bits per heavy atom. The average Bonchev–Trinajstić information content (AvgIpc) is 2.26. The van der Waals surface area contributed by atoms with Gasteiger partial charge < -0.3 is 10.4 Å². The SMILES string of the molecule is Cc1ccc(C(CC(=O)O)NC(=O)C(F)(F)F)c(Br)c1. The van der Waals surface area contributed by atoms with Crippen LogP contribution in [-0.4, -0.2) is 23.2 Å². The van der Waals surface area contributed by atoms with Crippen molar-refractivity contribution < 1.29 is 27.9 Å². The van der Waals surface area contributed by atoms with E-state index in [-0.39, 0.29) is 5.56 Å². The summed E-state index contributed by atoms with van der Waals surface area (Å²) in [6, 6.07) is 3.46. The first-order valence-electron chi connectivity index (χ1n) is 5.46. The van der Waals surface area contributed by atoms with Crippen molar-refractivity contribution in [3.05, 3.63) is 33.8 Å². The molecule has 4 nitrogen and oxygen atoms in total. The van der Waals surface area contributed by atoms with Crippen molar-refractivity contribution in [1.29, 1.82) is 0 Å². The molecule has 0 fully saturated rings. The lowest BCUT2D eigenvalue weighted by Gasteiger charge is -2.20.